The van der Waals surface area contributed by atoms with Crippen LogP contribution in [0.2, 0.25) is 0 Å². The normalized spacial score (nSPS) is 20.9. The van der Waals surface area contributed by atoms with Crippen LogP contribution in [0.3, 0.4) is 0 Å². The van der Waals surface area contributed by atoms with Gasteiger partial charge in [-0.3, -0.25) is 0 Å². The summed E-state index contributed by atoms with van der Waals surface area (Å²) in [6.07, 6.45) is 8.52. The first kappa shape index (κ1) is 10.6. The molecule has 0 N–H and O–H groups in total. The molecule has 1 aliphatic carbocycles. The Labute approximate surface area is 82.7 Å². The van der Waals surface area contributed by atoms with E-state index >= 15 is 0 Å². The lowest BCUT2D eigenvalue weighted by molar-refractivity contribution is 0.604. The highest BCUT2D eigenvalue weighted by Crippen LogP contribution is 2.34. The Kier molecular flexibility index (Phi) is 3.77. The van der Waals surface area contributed by atoms with Crippen LogP contribution in [-0.4, -0.2) is 0 Å². The van der Waals surface area contributed by atoms with Crippen LogP contribution < -0.4 is 0 Å². The molecule has 0 saturated carbocycles. The summed E-state index contributed by atoms with van der Waals surface area (Å²) < 4.78 is 0. The average molecular weight is 178 g/mol. The molecule has 13 heavy (non-hydrogen) atoms. The molecule has 0 amide bonds. The first-order chi connectivity index (χ1) is 6.20. The van der Waals surface area contributed by atoms with Crippen LogP contribution in [0, 0.1) is 11.8 Å². The summed E-state index contributed by atoms with van der Waals surface area (Å²) in [5, 5.41) is 0. The summed E-state index contributed by atoms with van der Waals surface area (Å²) in [5.41, 5.74) is 3.24. The van der Waals surface area contributed by atoms with Gasteiger partial charge in [0.25, 0.3) is 0 Å². The van der Waals surface area contributed by atoms with E-state index < -0.39 is 0 Å². The van der Waals surface area contributed by atoms with Gasteiger partial charge in [0.05, 0.1) is 0 Å². The fourth-order valence-corrected chi connectivity index (χ4v) is 1.96. The molecule has 0 saturated heterocycles. The summed E-state index contributed by atoms with van der Waals surface area (Å²) in [6, 6.07) is 0. The number of hydrogen-bond acceptors (Lipinski definition) is 0. The van der Waals surface area contributed by atoms with Gasteiger partial charge in [-0.1, -0.05) is 39.8 Å². The Bertz CT molecular complexity index is 196. The van der Waals surface area contributed by atoms with Crippen molar-refractivity contribution in [3.63, 3.8) is 0 Å². The van der Waals surface area contributed by atoms with Crippen LogP contribution in [0.4, 0.5) is 0 Å². The van der Waals surface area contributed by atoms with Crippen molar-refractivity contribution in [2.75, 3.05) is 0 Å². The maximum atomic E-state index is 2.41. The fourth-order valence-electron chi connectivity index (χ4n) is 1.96. The van der Waals surface area contributed by atoms with Crippen LogP contribution >= 0.6 is 0 Å². The molecule has 2 unspecified atom stereocenters. The Morgan fingerprint density at radius 1 is 1.00 bits per heavy atom. The predicted molar refractivity (Wildman–Crippen MR) is 59.7 cm³/mol. The van der Waals surface area contributed by atoms with Crippen molar-refractivity contribution in [1.29, 1.82) is 0 Å². The molecule has 0 fully saturated rings. The minimum atomic E-state index is 0.753. The summed E-state index contributed by atoms with van der Waals surface area (Å²) >= 11 is 0. The third kappa shape index (κ3) is 2.24. The summed E-state index contributed by atoms with van der Waals surface area (Å²) in [6.45, 7) is 9.23. The van der Waals surface area contributed by atoms with Crippen LogP contribution in [-0.2, 0) is 0 Å². The SMILES string of the molecule is CCC(C)C1=CCC=C1C(C)CC. The molecule has 0 bridgehead atoms. The van der Waals surface area contributed by atoms with Crippen molar-refractivity contribution < 1.29 is 0 Å². The van der Waals surface area contributed by atoms with Gasteiger partial charge in [-0.05, 0) is 42.2 Å². The largest absolute Gasteiger partial charge is 0.0770 e. The highest BCUT2D eigenvalue weighted by molar-refractivity contribution is 5.39. The second-order valence-corrected chi connectivity index (χ2v) is 4.17. The fraction of sp³-hybridized carbons (Fsp3) is 0.692. The van der Waals surface area contributed by atoms with Crippen LogP contribution in [0.1, 0.15) is 47.0 Å². The number of rotatable bonds is 4. The standard InChI is InChI=1S/C13H22/c1-5-10(3)12-8-7-9-13(12)11(4)6-2/h8-11H,5-7H2,1-4H3. The van der Waals surface area contributed by atoms with E-state index in [1.807, 2.05) is 0 Å². The minimum Gasteiger partial charge on any atom is -0.0770 e. The van der Waals surface area contributed by atoms with Gasteiger partial charge < -0.3 is 0 Å². The lowest BCUT2D eigenvalue weighted by Gasteiger charge is -2.19. The summed E-state index contributed by atoms with van der Waals surface area (Å²) in [4.78, 5) is 0. The van der Waals surface area contributed by atoms with Gasteiger partial charge >= 0.3 is 0 Å². The van der Waals surface area contributed by atoms with Crippen LogP contribution in [0.15, 0.2) is 23.3 Å². The molecule has 1 aliphatic rings. The topological polar surface area (TPSA) is 0 Å². The molecule has 2 atom stereocenters. The summed E-state index contributed by atoms with van der Waals surface area (Å²) in [5.74, 6) is 1.51. The second kappa shape index (κ2) is 4.64. The molecule has 0 heteroatoms. The second-order valence-electron chi connectivity index (χ2n) is 4.17. The van der Waals surface area contributed by atoms with Crippen LogP contribution in [0.5, 0.6) is 0 Å². The molecule has 0 spiro atoms. The molecule has 0 aliphatic heterocycles. The third-order valence-electron chi connectivity index (χ3n) is 3.30. The average Bonchev–Trinajstić information content (AvgIpc) is 2.63. The van der Waals surface area contributed by atoms with Gasteiger partial charge in [0, 0.05) is 0 Å². The zero-order valence-corrected chi connectivity index (χ0v) is 9.43. The van der Waals surface area contributed by atoms with E-state index in [1.165, 1.54) is 19.3 Å². The zero-order valence-electron chi connectivity index (χ0n) is 9.43. The molecule has 0 aromatic rings. The van der Waals surface area contributed by atoms with Crippen molar-refractivity contribution >= 4 is 0 Å². The van der Waals surface area contributed by atoms with E-state index in [1.54, 1.807) is 11.1 Å². The van der Waals surface area contributed by atoms with Gasteiger partial charge in [0.2, 0.25) is 0 Å². The van der Waals surface area contributed by atoms with Crippen molar-refractivity contribution in [3.05, 3.63) is 23.3 Å². The van der Waals surface area contributed by atoms with Gasteiger partial charge in [-0.25, -0.2) is 0 Å². The molecule has 1 rings (SSSR count). The first-order valence-electron chi connectivity index (χ1n) is 5.61. The van der Waals surface area contributed by atoms with E-state index in [-0.39, 0.29) is 0 Å². The van der Waals surface area contributed by atoms with E-state index in [0.717, 1.165) is 11.8 Å². The lowest BCUT2D eigenvalue weighted by atomic mass is 9.86. The summed E-state index contributed by atoms with van der Waals surface area (Å²) in [7, 11) is 0. The molecule has 0 heterocycles. The maximum absolute atomic E-state index is 2.41. The predicted octanol–water partition coefficient (Wildman–Crippen LogP) is 4.34. The van der Waals surface area contributed by atoms with Gasteiger partial charge in [0.15, 0.2) is 0 Å². The van der Waals surface area contributed by atoms with Crippen molar-refractivity contribution in [2.24, 2.45) is 11.8 Å². The molecular formula is C13H22. The van der Waals surface area contributed by atoms with Crippen LogP contribution in [0.25, 0.3) is 0 Å². The zero-order chi connectivity index (χ0) is 9.84. The highest BCUT2D eigenvalue weighted by Gasteiger charge is 2.18. The molecule has 0 aromatic carbocycles. The maximum Gasteiger partial charge on any atom is -0.0157 e. The number of hydrogen-bond donors (Lipinski definition) is 0. The van der Waals surface area contributed by atoms with E-state index in [9.17, 15) is 0 Å². The van der Waals surface area contributed by atoms with Gasteiger partial charge in [-0.2, -0.15) is 0 Å². The Balaban J connectivity index is 2.72. The van der Waals surface area contributed by atoms with E-state index in [4.69, 9.17) is 0 Å². The van der Waals surface area contributed by atoms with Gasteiger partial charge in [0.1, 0.15) is 0 Å². The Hall–Kier alpha value is -0.520. The third-order valence-corrected chi connectivity index (χ3v) is 3.30. The van der Waals surface area contributed by atoms with E-state index in [2.05, 4.69) is 39.8 Å². The van der Waals surface area contributed by atoms with E-state index in [0.29, 0.717) is 0 Å². The first-order valence-corrected chi connectivity index (χ1v) is 5.61. The Morgan fingerprint density at radius 3 is 1.69 bits per heavy atom. The monoisotopic (exact) mass is 178 g/mol. The van der Waals surface area contributed by atoms with Crippen molar-refractivity contribution in [3.8, 4) is 0 Å². The molecule has 74 valence electrons. The molecule has 0 aromatic heterocycles. The van der Waals surface area contributed by atoms with Crippen molar-refractivity contribution in [2.45, 2.75) is 47.0 Å². The number of allylic oxidation sites excluding steroid dienone is 4. The molecular weight excluding hydrogens is 156 g/mol. The highest BCUT2D eigenvalue weighted by atomic mass is 14.2. The molecule has 0 nitrogen and oxygen atoms in total. The Morgan fingerprint density at radius 2 is 1.38 bits per heavy atom. The lowest BCUT2D eigenvalue weighted by Crippen LogP contribution is -2.05. The van der Waals surface area contributed by atoms with Gasteiger partial charge in [-0.15, -0.1) is 0 Å². The minimum absolute atomic E-state index is 0.753. The quantitative estimate of drug-likeness (QED) is 0.601. The smallest absolute Gasteiger partial charge is 0.0157 e. The van der Waals surface area contributed by atoms with Crippen molar-refractivity contribution in [1.82, 2.24) is 0 Å². The molecule has 0 radical (unpaired) electrons.